The lowest BCUT2D eigenvalue weighted by atomic mass is 9.97. The number of benzene rings is 2. The Balaban J connectivity index is 2.31. The molecule has 2 rings (SSSR count). The Bertz CT molecular complexity index is 760. The molecular weight excluding hydrogens is 439 g/mol. The van der Waals surface area contributed by atoms with E-state index in [0.717, 1.165) is 3.57 Å². The van der Waals surface area contributed by atoms with Gasteiger partial charge in [0.05, 0.1) is 10.7 Å². The van der Waals surface area contributed by atoms with Gasteiger partial charge in [0.15, 0.2) is 5.78 Å². The van der Waals surface area contributed by atoms with E-state index in [1.807, 2.05) is 24.3 Å². The quantitative estimate of drug-likeness (QED) is 0.306. The van der Waals surface area contributed by atoms with Crippen LogP contribution in [0.1, 0.15) is 17.3 Å². The van der Waals surface area contributed by atoms with Crippen LogP contribution < -0.4 is 5.32 Å². The van der Waals surface area contributed by atoms with Gasteiger partial charge in [0.25, 0.3) is 0 Å². The molecule has 24 heavy (non-hydrogen) atoms. The van der Waals surface area contributed by atoms with Crippen molar-refractivity contribution in [3.8, 4) is 0 Å². The fourth-order valence-corrected chi connectivity index (χ4v) is 2.64. The third kappa shape index (κ3) is 4.88. The lowest BCUT2D eigenvalue weighted by Crippen LogP contribution is -2.36. The Morgan fingerprint density at radius 1 is 1.21 bits per heavy atom. The minimum Gasteiger partial charge on any atom is -0.355 e. The predicted molar refractivity (Wildman–Crippen MR) is 105 cm³/mol. The number of Topliss-reactive ketones (excluding diaryl/α,β-unsaturated/α-hetero) is 1. The molecule has 0 aromatic heterocycles. The van der Waals surface area contributed by atoms with Gasteiger partial charge in [-0.05, 0) is 65.9 Å². The standard InChI is InChI=1S/C18H16ClIN2O2/c1-2-21-18(24)15(11-22-13-9-7-12(20)8-10-13)17(23)14-5-3-4-6-16(14)19/h3-11,15H,2H2,1H3,(H,21,24). The first-order chi connectivity index (χ1) is 11.5. The molecule has 0 fully saturated rings. The topological polar surface area (TPSA) is 58.5 Å². The fraction of sp³-hybridized carbons (Fsp3) is 0.167. The lowest BCUT2D eigenvalue weighted by molar-refractivity contribution is -0.121. The zero-order chi connectivity index (χ0) is 17.5. The highest BCUT2D eigenvalue weighted by molar-refractivity contribution is 14.1. The van der Waals surface area contributed by atoms with Crippen LogP contribution in [0.5, 0.6) is 0 Å². The maximum atomic E-state index is 12.7. The van der Waals surface area contributed by atoms with Crippen LogP contribution in [0.3, 0.4) is 0 Å². The third-order valence-electron chi connectivity index (χ3n) is 3.25. The zero-order valence-electron chi connectivity index (χ0n) is 13.0. The van der Waals surface area contributed by atoms with Crippen LogP contribution >= 0.6 is 34.2 Å². The normalized spacial score (nSPS) is 12.1. The van der Waals surface area contributed by atoms with Crippen molar-refractivity contribution in [2.45, 2.75) is 6.92 Å². The molecule has 4 nitrogen and oxygen atoms in total. The number of aliphatic imine (C=N–C) groups is 1. The summed E-state index contributed by atoms with van der Waals surface area (Å²) in [6.07, 6.45) is 1.37. The Labute approximate surface area is 159 Å². The van der Waals surface area contributed by atoms with Crippen LogP contribution in [0, 0.1) is 9.49 Å². The minimum atomic E-state index is -1.02. The number of hydrogen-bond donors (Lipinski definition) is 1. The second kappa shape index (κ2) is 8.94. The SMILES string of the molecule is CCNC(=O)C(C=Nc1ccc(I)cc1)C(=O)c1ccccc1Cl. The van der Waals surface area contributed by atoms with Crippen molar-refractivity contribution >= 4 is 57.8 Å². The van der Waals surface area contributed by atoms with Crippen molar-refractivity contribution in [3.05, 3.63) is 62.7 Å². The van der Waals surface area contributed by atoms with Gasteiger partial charge < -0.3 is 5.32 Å². The van der Waals surface area contributed by atoms with Crippen LogP contribution in [0.25, 0.3) is 0 Å². The number of nitrogens with zero attached hydrogens (tertiary/aromatic N) is 1. The summed E-state index contributed by atoms with van der Waals surface area (Å²) in [5.41, 5.74) is 0.987. The van der Waals surface area contributed by atoms with Gasteiger partial charge in [0.1, 0.15) is 5.92 Å². The number of carbonyl (C=O) groups is 2. The number of halogens is 2. The molecular formula is C18H16ClIN2O2. The molecule has 124 valence electrons. The Morgan fingerprint density at radius 3 is 2.50 bits per heavy atom. The molecule has 0 saturated carbocycles. The average Bonchev–Trinajstić information content (AvgIpc) is 2.57. The molecule has 1 unspecified atom stereocenters. The number of carbonyl (C=O) groups excluding carboxylic acids is 2. The molecule has 0 aliphatic heterocycles. The monoisotopic (exact) mass is 454 g/mol. The van der Waals surface area contributed by atoms with Crippen molar-refractivity contribution in [3.63, 3.8) is 0 Å². The van der Waals surface area contributed by atoms with Crippen molar-refractivity contribution in [2.24, 2.45) is 10.9 Å². The molecule has 2 aromatic rings. The van der Waals surface area contributed by atoms with Gasteiger partial charge in [0.2, 0.25) is 5.91 Å². The van der Waals surface area contributed by atoms with Gasteiger partial charge in [-0.15, -0.1) is 0 Å². The van der Waals surface area contributed by atoms with E-state index in [4.69, 9.17) is 11.6 Å². The number of ketones is 1. The van der Waals surface area contributed by atoms with Crippen molar-refractivity contribution in [2.75, 3.05) is 6.54 Å². The Hall–Kier alpha value is -1.73. The molecule has 0 heterocycles. The zero-order valence-corrected chi connectivity index (χ0v) is 15.9. The number of rotatable bonds is 6. The summed E-state index contributed by atoms with van der Waals surface area (Å²) in [6, 6.07) is 14.1. The second-order valence-corrected chi connectivity index (χ2v) is 6.62. The van der Waals surface area contributed by atoms with Crippen molar-refractivity contribution in [1.82, 2.24) is 5.32 Å². The van der Waals surface area contributed by atoms with E-state index < -0.39 is 11.8 Å². The van der Waals surface area contributed by atoms with E-state index in [1.165, 1.54) is 6.21 Å². The first-order valence-corrected chi connectivity index (χ1v) is 8.84. The third-order valence-corrected chi connectivity index (χ3v) is 4.30. The summed E-state index contributed by atoms with van der Waals surface area (Å²) in [6.45, 7) is 2.23. The Morgan fingerprint density at radius 2 is 1.88 bits per heavy atom. The molecule has 0 spiro atoms. The summed E-state index contributed by atoms with van der Waals surface area (Å²) in [5, 5.41) is 2.98. The van der Waals surface area contributed by atoms with E-state index in [2.05, 4.69) is 32.9 Å². The first kappa shape index (κ1) is 18.6. The maximum Gasteiger partial charge on any atom is 0.236 e. The minimum absolute atomic E-state index is 0.310. The number of nitrogens with one attached hydrogen (secondary N) is 1. The summed E-state index contributed by atoms with van der Waals surface area (Å²) >= 11 is 8.28. The summed E-state index contributed by atoms with van der Waals surface area (Å²) in [4.78, 5) is 29.3. The molecule has 1 N–H and O–H groups in total. The van der Waals surface area contributed by atoms with E-state index >= 15 is 0 Å². The van der Waals surface area contributed by atoms with Gasteiger partial charge in [-0.2, -0.15) is 0 Å². The van der Waals surface area contributed by atoms with E-state index in [0.29, 0.717) is 22.8 Å². The molecule has 0 aliphatic carbocycles. The predicted octanol–water partition coefficient (Wildman–Crippen LogP) is 4.28. The van der Waals surface area contributed by atoms with Gasteiger partial charge >= 0.3 is 0 Å². The smallest absolute Gasteiger partial charge is 0.236 e. The second-order valence-electron chi connectivity index (χ2n) is 4.97. The maximum absolute atomic E-state index is 12.7. The van der Waals surface area contributed by atoms with Gasteiger partial charge in [-0.1, -0.05) is 23.7 Å². The van der Waals surface area contributed by atoms with Gasteiger partial charge in [0, 0.05) is 21.9 Å². The highest BCUT2D eigenvalue weighted by atomic mass is 127. The van der Waals surface area contributed by atoms with Crippen molar-refractivity contribution in [1.29, 1.82) is 0 Å². The van der Waals surface area contributed by atoms with E-state index in [1.54, 1.807) is 31.2 Å². The number of amides is 1. The van der Waals surface area contributed by atoms with Gasteiger partial charge in [-0.25, -0.2) is 0 Å². The molecule has 0 radical (unpaired) electrons. The van der Waals surface area contributed by atoms with Crippen LogP contribution in [0.2, 0.25) is 5.02 Å². The lowest BCUT2D eigenvalue weighted by Gasteiger charge is -2.12. The molecule has 0 bridgehead atoms. The van der Waals surface area contributed by atoms with Crippen LogP contribution in [-0.4, -0.2) is 24.4 Å². The Kier molecular flexibility index (Phi) is 6.93. The van der Waals surface area contributed by atoms with E-state index in [9.17, 15) is 9.59 Å². The van der Waals surface area contributed by atoms with E-state index in [-0.39, 0.29) is 5.78 Å². The fourth-order valence-electron chi connectivity index (χ4n) is 2.05. The van der Waals surface area contributed by atoms with Crippen molar-refractivity contribution < 1.29 is 9.59 Å². The first-order valence-electron chi connectivity index (χ1n) is 7.39. The average molecular weight is 455 g/mol. The molecule has 1 atom stereocenters. The van der Waals surface area contributed by atoms with Crippen LogP contribution in [0.4, 0.5) is 5.69 Å². The summed E-state index contributed by atoms with van der Waals surface area (Å²) < 4.78 is 1.08. The molecule has 2 aromatic carbocycles. The van der Waals surface area contributed by atoms with Crippen LogP contribution in [0.15, 0.2) is 53.5 Å². The number of hydrogen-bond acceptors (Lipinski definition) is 3. The largest absolute Gasteiger partial charge is 0.355 e. The molecule has 1 amide bonds. The molecule has 0 aliphatic rings. The highest BCUT2D eigenvalue weighted by Gasteiger charge is 2.27. The molecule has 6 heteroatoms. The van der Waals surface area contributed by atoms with Gasteiger partial charge in [-0.3, -0.25) is 14.6 Å². The van der Waals surface area contributed by atoms with Crippen LogP contribution in [-0.2, 0) is 4.79 Å². The molecule has 0 saturated heterocycles. The highest BCUT2D eigenvalue weighted by Crippen LogP contribution is 2.20. The summed E-state index contributed by atoms with van der Waals surface area (Å²) in [7, 11) is 0. The summed E-state index contributed by atoms with van der Waals surface area (Å²) in [5.74, 6) is -1.79.